The summed E-state index contributed by atoms with van der Waals surface area (Å²) in [5.41, 5.74) is 0.277. The van der Waals surface area contributed by atoms with Gasteiger partial charge in [0, 0.05) is 24.2 Å². The number of nitro benzene ring substituents is 1. The highest BCUT2D eigenvalue weighted by molar-refractivity contribution is 5.94. The van der Waals surface area contributed by atoms with E-state index in [1.54, 1.807) is 0 Å². The summed E-state index contributed by atoms with van der Waals surface area (Å²) >= 11 is 0. The number of rotatable bonds is 6. The second kappa shape index (κ2) is 6.84. The Morgan fingerprint density at radius 3 is 2.42 bits per heavy atom. The van der Waals surface area contributed by atoms with Gasteiger partial charge in [0.05, 0.1) is 11.0 Å². The van der Waals surface area contributed by atoms with E-state index in [1.807, 2.05) is 13.8 Å². The molecule has 0 aliphatic carbocycles. The Morgan fingerprint density at radius 2 is 1.95 bits per heavy atom. The van der Waals surface area contributed by atoms with Crippen LogP contribution in [0.2, 0.25) is 0 Å². The number of amides is 1. The number of hydrogen-bond acceptors (Lipinski definition) is 4. The number of nitro groups is 1. The van der Waals surface area contributed by atoms with Crippen LogP contribution < -0.4 is 5.32 Å². The van der Waals surface area contributed by atoms with Crippen molar-refractivity contribution in [2.24, 2.45) is 5.92 Å². The van der Waals surface area contributed by atoms with Gasteiger partial charge >= 0.3 is 0 Å². The predicted octanol–water partition coefficient (Wildman–Crippen LogP) is 1.73. The lowest BCUT2D eigenvalue weighted by Gasteiger charge is -2.13. The lowest BCUT2D eigenvalue weighted by molar-refractivity contribution is -0.384. The van der Waals surface area contributed by atoms with Crippen LogP contribution in [0.25, 0.3) is 0 Å². The summed E-state index contributed by atoms with van der Waals surface area (Å²) in [5.74, 6) is 0.00369. The quantitative estimate of drug-likeness (QED) is 0.605. The fourth-order valence-corrected chi connectivity index (χ4v) is 1.67. The normalized spacial score (nSPS) is 12.2. The summed E-state index contributed by atoms with van der Waals surface area (Å²) in [6, 6.07) is 5.34. The Labute approximate surface area is 111 Å². The van der Waals surface area contributed by atoms with Crippen LogP contribution in [0.15, 0.2) is 24.3 Å². The standard InChI is InChI=1S/C13H18N2O4/c1-9(2)7-12(16)8-14-13(17)10-3-5-11(6-4-10)15(18)19/h3-6,9,12,16H,7-8H2,1-2H3,(H,14,17). The first-order valence-corrected chi connectivity index (χ1v) is 6.11. The van der Waals surface area contributed by atoms with Crippen molar-refractivity contribution in [1.82, 2.24) is 5.32 Å². The van der Waals surface area contributed by atoms with Gasteiger partial charge in [-0.05, 0) is 24.5 Å². The van der Waals surface area contributed by atoms with Gasteiger partial charge in [-0.1, -0.05) is 13.8 Å². The van der Waals surface area contributed by atoms with Gasteiger partial charge in [0.1, 0.15) is 0 Å². The number of carbonyl (C=O) groups is 1. The molecule has 1 unspecified atom stereocenters. The van der Waals surface area contributed by atoms with Crippen LogP contribution in [0.3, 0.4) is 0 Å². The third-order valence-corrected chi connectivity index (χ3v) is 2.58. The summed E-state index contributed by atoms with van der Waals surface area (Å²) in [7, 11) is 0. The Bertz CT molecular complexity index is 442. The minimum absolute atomic E-state index is 0.0589. The smallest absolute Gasteiger partial charge is 0.269 e. The highest BCUT2D eigenvalue weighted by Crippen LogP contribution is 2.11. The van der Waals surface area contributed by atoms with Crippen LogP contribution in [-0.4, -0.2) is 28.6 Å². The molecule has 2 N–H and O–H groups in total. The molecule has 0 radical (unpaired) electrons. The molecular weight excluding hydrogens is 248 g/mol. The van der Waals surface area contributed by atoms with Gasteiger partial charge in [-0.2, -0.15) is 0 Å². The number of hydrogen-bond donors (Lipinski definition) is 2. The molecule has 1 aromatic carbocycles. The number of carbonyl (C=O) groups excluding carboxylic acids is 1. The van der Waals surface area contributed by atoms with Crippen molar-refractivity contribution in [2.75, 3.05) is 6.54 Å². The molecule has 0 aliphatic heterocycles. The van der Waals surface area contributed by atoms with Crippen LogP contribution in [0.1, 0.15) is 30.6 Å². The first-order valence-electron chi connectivity index (χ1n) is 6.11. The molecule has 1 atom stereocenters. The Hall–Kier alpha value is -1.95. The predicted molar refractivity (Wildman–Crippen MR) is 70.9 cm³/mol. The van der Waals surface area contributed by atoms with Crippen molar-refractivity contribution in [3.63, 3.8) is 0 Å². The van der Waals surface area contributed by atoms with Crippen LogP contribution in [0, 0.1) is 16.0 Å². The van der Waals surface area contributed by atoms with Gasteiger partial charge in [-0.15, -0.1) is 0 Å². The molecule has 19 heavy (non-hydrogen) atoms. The molecule has 6 heteroatoms. The lowest BCUT2D eigenvalue weighted by Crippen LogP contribution is -2.32. The van der Waals surface area contributed by atoms with Crippen LogP contribution in [0.4, 0.5) is 5.69 Å². The molecule has 0 aromatic heterocycles. The molecule has 0 saturated carbocycles. The zero-order valence-electron chi connectivity index (χ0n) is 11.0. The fourth-order valence-electron chi connectivity index (χ4n) is 1.67. The van der Waals surface area contributed by atoms with E-state index in [2.05, 4.69) is 5.32 Å². The van der Waals surface area contributed by atoms with Crippen molar-refractivity contribution < 1.29 is 14.8 Å². The number of aliphatic hydroxyl groups is 1. The molecular formula is C13H18N2O4. The first kappa shape index (κ1) is 15.1. The summed E-state index contributed by atoms with van der Waals surface area (Å²) in [6.45, 7) is 4.15. The first-order chi connectivity index (χ1) is 8.90. The molecule has 1 amide bonds. The molecule has 104 valence electrons. The SMILES string of the molecule is CC(C)CC(O)CNC(=O)c1ccc([N+](=O)[O-])cc1. The zero-order chi connectivity index (χ0) is 14.4. The molecule has 1 rings (SSSR count). The molecule has 0 bridgehead atoms. The van der Waals surface area contributed by atoms with E-state index >= 15 is 0 Å². The van der Waals surface area contributed by atoms with E-state index < -0.39 is 11.0 Å². The average molecular weight is 266 g/mol. The Balaban J connectivity index is 2.52. The maximum absolute atomic E-state index is 11.7. The minimum atomic E-state index is -0.581. The third kappa shape index (κ3) is 5.05. The number of aliphatic hydroxyl groups excluding tert-OH is 1. The summed E-state index contributed by atoms with van der Waals surface area (Å²) in [6.07, 6.45) is 0.0302. The summed E-state index contributed by atoms with van der Waals surface area (Å²) in [4.78, 5) is 21.7. The Kier molecular flexibility index (Phi) is 5.44. The van der Waals surface area contributed by atoms with Gasteiger partial charge < -0.3 is 10.4 Å². The van der Waals surface area contributed by atoms with E-state index in [-0.39, 0.29) is 18.1 Å². The van der Waals surface area contributed by atoms with Gasteiger partial charge in [0.2, 0.25) is 0 Å². The van der Waals surface area contributed by atoms with E-state index in [0.717, 1.165) is 0 Å². The van der Waals surface area contributed by atoms with E-state index in [4.69, 9.17) is 0 Å². The van der Waals surface area contributed by atoms with Crippen LogP contribution in [-0.2, 0) is 0 Å². The van der Waals surface area contributed by atoms with E-state index in [0.29, 0.717) is 17.9 Å². The second-order valence-electron chi connectivity index (χ2n) is 4.80. The van der Waals surface area contributed by atoms with Crippen molar-refractivity contribution >= 4 is 11.6 Å². The van der Waals surface area contributed by atoms with Crippen LogP contribution in [0.5, 0.6) is 0 Å². The van der Waals surface area contributed by atoms with Gasteiger partial charge in [0.15, 0.2) is 0 Å². The lowest BCUT2D eigenvalue weighted by atomic mass is 10.1. The maximum atomic E-state index is 11.7. The van der Waals surface area contributed by atoms with E-state index in [1.165, 1.54) is 24.3 Å². The average Bonchev–Trinajstić information content (AvgIpc) is 2.35. The topological polar surface area (TPSA) is 92.5 Å². The highest BCUT2D eigenvalue weighted by Gasteiger charge is 2.12. The fraction of sp³-hybridized carbons (Fsp3) is 0.462. The van der Waals surface area contributed by atoms with Crippen molar-refractivity contribution in [3.05, 3.63) is 39.9 Å². The Morgan fingerprint density at radius 1 is 1.37 bits per heavy atom. The number of non-ortho nitro benzene ring substituents is 1. The molecule has 0 aliphatic rings. The van der Waals surface area contributed by atoms with E-state index in [9.17, 15) is 20.0 Å². The zero-order valence-corrected chi connectivity index (χ0v) is 11.0. The molecule has 0 spiro atoms. The van der Waals surface area contributed by atoms with Crippen LogP contribution >= 0.6 is 0 Å². The number of nitrogens with one attached hydrogen (secondary N) is 1. The highest BCUT2D eigenvalue weighted by atomic mass is 16.6. The van der Waals surface area contributed by atoms with Gasteiger partial charge in [0.25, 0.3) is 11.6 Å². The molecule has 0 heterocycles. The minimum Gasteiger partial charge on any atom is -0.391 e. The van der Waals surface area contributed by atoms with Gasteiger partial charge in [-0.25, -0.2) is 0 Å². The summed E-state index contributed by atoms with van der Waals surface area (Å²) in [5, 5.41) is 22.7. The number of nitrogens with zero attached hydrogens (tertiary/aromatic N) is 1. The second-order valence-corrected chi connectivity index (χ2v) is 4.80. The number of benzene rings is 1. The molecule has 0 fully saturated rings. The molecule has 6 nitrogen and oxygen atoms in total. The molecule has 0 saturated heterocycles. The largest absolute Gasteiger partial charge is 0.391 e. The third-order valence-electron chi connectivity index (χ3n) is 2.58. The van der Waals surface area contributed by atoms with Gasteiger partial charge in [-0.3, -0.25) is 14.9 Å². The van der Waals surface area contributed by atoms with Crippen molar-refractivity contribution in [3.8, 4) is 0 Å². The maximum Gasteiger partial charge on any atom is 0.269 e. The monoisotopic (exact) mass is 266 g/mol. The summed E-state index contributed by atoms with van der Waals surface area (Å²) < 4.78 is 0. The van der Waals surface area contributed by atoms with Crippen molar-refractivity contribution in [2.45, 2.75) is 26.4 Å². The molecule has 1 aromatic rings. The van der Waals surface area contributed by atoms with Crippen molar-refractivity contribution in [1.29, 1.82) is 0 Å².